The standard InChI is InChI=1S/C21H33N3O2/c1-6-21(2,3)15-7-9-16(10-8-15)22-19(25)20(26)23-17-11-13-18(14-12-17)24(4)5/h11-16H,6-10H2,1-5H3,(H,22,25)(H,23,26). The molecule has 2 N–H and O–H groups in total. The van der Waals surface area contributed by atoms with Gasteiger partial charge in [0, 0.05) is 31.5 Å². The SMILES string of the molecule is CCC(C)(C)C1CCC(NC(=O)C(=O)Nc2ccc(N(C)C)cc2)CC1. The first-order chi connectivity index (χ1) is 12.2. The fourth-order valence-corrected chi connectivity index (χ4v) is 3.59. The quantitative estimate of drug-likeness (QED) is 0.786. The van der Waals surface area contributed by atoms with Crippen LogP contribution in [0, 0.1) is 11.3 Å². The number of amides is 2. The average molecular weight is 360 g/mol. The molecule has 1 saturated carbocycles. The Hall–Kier alpha value is -2.04. The van der Waals surface area contributed by atoms with Crippen LogP contribution in [0.15, 0.2) is 24.3 Å². The zero-order valence-corrected chi connectivity index (χ0v) is 16.8. The molecule has 1 aliphatic carbocycles. The summed E-state index contributed by atoms with van der Waals surface area (Å²) < 4.78 is 0. The van der Waals surface area contributed by atoms with Crippen molar-refractivity contribution in [1.29, 1.82) is 0 Å². The molecule has 0 saturated heterocycles. The fourth-order valence-electron chi connectivity index (χ4n) is 3.59. The van der Waals surface area contributed by atoms with Crippen LogP contribution < -0.4 is 15.5 Å². The molecule has 1 aliphatic rings. The van der Waals surface area contributed by atoms with Gasteiger partial charge in [0.25, 0.3) is 0 Å². The first kappa shape index (κ1) is 20.3. The predicted molar refractivity (Wildman–Crippen MR) is 107 cm³/mol. The van der Waals surface area contributed by atoms with Crippen LogP contribution in [0.4, 0.5) is 11.4 Å². The van der Waals surface area contributed by atoms with Crippen LogP contribution in [-0.2, 0) is 9.59 Å². The second kappa shape index (κ2) is 8.56. The number of anilines is 2. The first-order valence-electron chi connectivity index (χ1n) is 9.62. The molecule has 0 atom stereocenters. The highest BCUT2D eigenvalue weighted by Gasteiger charge is 2.32. The second-order valence-corrected chi connectivity index (χ2v) is 8.26. The third-order valence-electron chi connectivity index (χ3n) is 5.93. The summed E-state index contributed by atoms with van der Waals surface area (Å²) in [6.45, 7) is 6.89. The number of rotatable bonds is 5. The highest BCUT2D eigenvalue weighted by molar-refractivity contribution is 6.39. The van der Waals surface area contributed by atoms with E-state index in [9.17, 15) is 9.59 Å². The van der Waals surface area contributed by atoms with Crippen molar-refractivity contribution < 1.29 is 9.59 Å². The number of hydrogen-bond acceptors (Lipinski definition) is 3. The van der Waals surface area contributed by atoms with Crippen molar-refractivity contribution in [1.82, 2.24) is 5.32 Å². The van der Waals surface area contributed by atoms with Gasteiger partial charge in [-0.2, -0.15) is 0 Å². The van der Waals surface area contributed by atoms with Gasteiger partial charge in [-0.05, 0) is 61.3 Å². The van der Waals surface area contributed by atoms with Gasteiger partial charge in [-0.3, -0.25) is 9.59 Å². The third kappa shape index (κ3) is 5.23. The molecule has 144 valence electrons. The normalized spacial score (nSPS) is 20.3. The monoisotopic (exact) mass is 359 g/mol. The van der Waals surface area contributed by atoms with Crippen LogP contribution in [0.25, 0.3) is 0 Å². The molecule has 0 aliphatic heterocycles. The molecule has 0 spiro atoms. The minimum Gasteiger partial charge on any atom is -0.378 e. The van der Waals surface area contributed by atoms with E-state index in [2.05, 4.69) is 31.4 Å². The summed E-state index contributed by atoms with van der Waals surface area (Å²) in [6, 6.07) is 7.53. The van der Waals surface area contributed by atoms with E-state index >= 15 is 0 Å². The van der Waals surface area contributed by atoms with Gasteiger partial charge in [-0.25, -0.2) is 0 Å². The lowest BCUT2D eigenvalue weighted by atomic mass is 9.69. The van der Waals surface area contributed by atoms with Crippen molar-refractivity contribution in [2.24, 2.45) is 11.3 Å². The minimum absolute atomic E-state index is 0.105. The molecule has 2 amide bonds. The Labute approximate surface area is 157 Å². The predicted octanol–water partition coefficient (Wildman–Crippen LogP) is 3.80. The molecule has 0 heterocycles. The lowest BCUT2D eigenvalue weighted by Gasteiger charge is -2.39. The van der Waals surface area contributed by atoms with Crippen LogP contribution in [0.2, 0.25) is 0 Å². The van der Waals surface area contributed by atoms with E-state index in [4.69, 9.17) is 0 Å². The summed E-state index contributed by atoms with van der Waals surface area (Å²) in [5.41, 5.74) is 2.02. The molecule has 5 heteroatoms. The fraction of sp³-hybridized carbons (Fsp3) is 0.619. The van der Waals surface area contributed by atoms with Crippen LogP contribution in [0.3, 0.4) is 0 Å². The van der Waals surface area contributed by atoms with E-state index in [1.54, 1.807) is 12.1 Å². The minimum atomic E-state index is -0.599. The number of carbonyl (C=O) groups is 2. The Morgan fingerprint density at radius 3 is 2.12 bits per heavy atom. The Morgan fingerprint density at radius 1 is 1.04 bits per heavy atom. The number of benzene rings is 1. The van der Waals surface area contributed by atoms with Crippen molar-refractivity contribution >= 4 is 23.2 Å². The molecule has 1 fully saturated rings. The molecular formula is C21H33N3O2. The van der Waals surface area contributed by atoms with Gasteiger partial charge in [0.1, 0.15) is 0 Å². The van der Waals surface area contributed by atoms with Crippen molar-refractivity contribution in [3.8, 4) is 0 Å². The molecular weight excluding hydrogens is 326 g/mol. The maximum atomic E-state index is 12.2. The van der Waals surface area contributed by atoms with E-state index in [0.717, 1.165) is 31.4 Å². The van der Waals surface area contributed by atoms with Gasteiger partial charge in [0.15, 0.2) is 0 Å². The molecule has 5 nitrogen and oxygen atoms in total. The summed E-state index contributed by atoms with van der Waals surface area (Å²) in [5.74, 6) is -0.441. The van der Waals surface area contributed by atoms with Gasteiger partial charge in [0.2, 0.25) is 0 Å². The van der Waals surface area contributed by atoms with Crippen LogP contribution >= 0.6 is 0 Å². The second-order valence-electron chi connectivity index (χ2n) is 8.26. The lowest BCUT2D eigenvalue weighted by molar-refractivity contribution is -0.136. The van der Waals surface area contributed by atoms with E-state index < -0.39 is 11.8 Å². The number of carbonyl (C=O) groups excluding carboxylic acids is 2. The first-order valence-corrected chi connectivity index (χ1v) is 9.62. The molecule has 26 heavy (non-hydrogen) atoms. The maximum absolute atomic E-state index is 12.2. The largest absolute Gasteiger partial charge is 0.378 e. The van der Waals surface area contributed by atoms with Crippen molar-refractivity contribution in [2.75, 3.05) is 24.3 Å². The zero-order chi connectivity index (χ0) is 19.3. The molecule has 1 aromatic carbocycles. The maximum Gasteiger partial charge on any atom is 0.313 e. The number of nitrogens with zero attached hydrogens (tertiary/aromatic N) is 1. The van der Waals surface area contributed by atoms with E-state index in [1.165, 1.54) is 6.42 Å². The highest BCUT2D eigenvalue weighted by atomic mass is 16.2. The van der Waals surface area contributed by atoms with E-state index in [1.807, 2.05) is 31.1 Å². The van der Waals surface area contributed by atoms with Crippen molar-refractivity contribution in [2.45, 2.75) is 58.9 Å². The Bertz CT molecular complexity index is 615. The van der Waals surface area contributed by atoms with Gasteiger partial charge >= 0.3 is 11.8 Å². The summed E-state index contributed by atoms with van der Waals surface area (Å²) >= 11 is 0. The van der Waals surface area contributed by atoms with Gasteiger partial charge in [-0.1, -0.05) is 27.2 Å². The van der Waals surface area contributed by atoms with Crippen LogP contribution in [-0.4, -0.2) is 32.0 Å². The molecule has 0 radical (unpaired) electrons. The average Bonchev–Trinajstić information content (AvgIpc) is 2.62. The number of nitrogens with one attached hydrogen (secondary N) is 2. The summed E-state index contributed by atoms with van der Waals surface area (Å²) in [5, 5.41) is 5.57. The zero-order valence-electron chi connectivity index (χ0n) is 16.8. The molecule has 0 bridgehead atoms. The molecule has 2 rings (SSSR count). The molecule has 0 aromatic heterocycles. The van der Waals surface area contributed by atoms with E-state index in [0.29, 0.717) is 17.0 Å². The topological polar surface area (TPSA) is 61.4 Å². The highest BCUT2D eigenvalue weighted by Crippen LogP contribution is 2.40. The van der Waals surface area contributed by atoms with Crippen LogP contribution in [0.5, 0.6) is 0 Å². The van der Waals surface area contributed by atoms with Crippen LogP contribution in [0.1, 0.15) is 52.9 Å². The molecule has 0 unspecified atom stereocenters. The smallest absolute Gasteiger partial charge is 0.313 e. The van der Waals surface area contributed by atoms with Crippen molar-refractivity contribution in [3.63, 3.8) is 0 Å². The lowest BCUT2D eigenvalue weighted by Crippen LogP contribution is -2.44. The van der Waals surface area contributed by atoms with Gasteiger partial charge in [0.05, 0.1) is 0 Å². The third-order valence-corrected chi connectivity index (χ3v) is 5.93. The Morgan fingerprint density at radius 2 is 1.62 bits per heavy atom. The Balaban J connectivity index is 1.81. The molecule has 1 aromatic rings. The summed E-state index contributed by atoms with van der Waals surface area (Å²) in [7, 11) is 3.91. The van der Waals surface area contributed by atoms with E-state index in [-0.39, 0.29) is 6.04 Å². The van der Waals surface area contributed by atoms with Crippen molar-refractivity contribution in [3.05, 3.63) is 24.3 Å². The van der Waals surface area contributed by atoms with Gasteiger partial charge in [-0.15, -0.1) is 0 Å². The summed E-state index contributed by atoms with van der Waals surface area (Å²) in [4.78, 5) is 26.3. The Kier molecular flexibility index (Phi) is 6.68. The van der Waals surface area contributed by atoms with Gasteiger partial charge < -0.3 is 15.5 Å². The number of hydrogen-bond donors (Lipinski definition) is 2. The summed E-state index contributed by atoms with van der Waals surface area (Å²) in [6.07, 6.45) is 5.29.